The highest BCUT2D eigenvalue weighted by Gasteiger charge is 2.21. The predicted molar refractivity (Wildman–Crippen MR) is 98.2 cm³/mol. The van der Waals surface area contributed by atoms with Crippen molar-refractivity contribution >= 4 is 43.7 Å². The van der Waals surface area contributed by atoms with Crippen molar-refractivity contribution in [2.45, 2.75) is 36.8 Å². The molecule has 0 bridgehead atoms. The lowest BCUT2D eigenvalue weighted by molar-refractivity contribution is -0.116. The minimum atomic E-state index is -3.45. The number of thiophene rings is 1. The van der Waals surface area contributed by atoms with E-state index >= 15 is 0 Å². The van der Waals surface area contributed by atoms with Crippen LogP contribution in [-0.4, -0.2) is 37.2 Å². The molecule has 0 aliphatic carbocycles. The number of rotatable bonds is 8. The normalized spacial score (nSPS) is 12.0. The van der Waals surface area contributed by atoms with Crippen LogP contribution in [-0.2, 0) is 14.8 Å². The van der Waals surface area contributed by atoms with Crippen molar-refractivity contribution in [3.63, 3.8) is 0 Å². The minimum absolute atomic E-state index is 0.151. The number of aromatic nitrogens is 1. The fourth-order valence-electron chi connectivity index (χ4n) is 1.94. The quantitative estimate of drug-likeness (QED) is 0.753. The summed E-state index contributed by atoms with van der Waals surface area (Å²) < 4.78 is 26.1. The molecule has 2 heterocycles. The molecule has 1 N–H and O–H groups in total. The molecule has 9 heteroatoms. The fourth-order valence-corrected chi connectivity index (χ4v) is 5.24. The fraction of sp³-hybridized carbons (Fsp3) is 0.467. The van der Waals surface area contributed by atoms with Crippen LogP contribution in [0, 0.1) is 0 Å². The van der Waals surface area contributed by atoms with Crippen LogP contribution in [0.2, 0.25) is 0 Å². The Morgan fingerprint density at radius 3 is 2.71 bits per heavy atom. The van der Waals surface area contributed by atoms with Gasteiger partial charge in [-0.25, -0.2) is 17.7 Å². The predicted octanol–water partition coefficient (Wildman–Crippen LogP) is 3.37. The first-order valence-corrected chi connectivity index (χ1v) is 10.8. The maximum absolute atomic E-state index is 12.3. The molecule has 0 radical (unpaired) electrons. The van der Waals surface area contributed by atoms with Gasteiger partial charge in [0, 0.05) is 25.4 Å². The van der Waals surface area contributed by atoms with Gasteiger partial charge in [-0.05, 0) is 23.8 Å². The van der Waals surface area contributed by atoms with Crippen LogP contribution in [0.15, 0.2) is 27.1 Å². The Morgan fingerprint density at radius 2 is 2.12 bits per heavy atom. The number of amides is 1. The van der Waals surface area contributed by atoms with E-state index in [1.807, 2.05) is 19.2 Å². The summed E-state index contributed by atoms with van der Waals surface area (Å²) in [7, 11) is -1.92. The molecule has 0 aliphatic heterocycles. The summed E-state index contributed by atoms with van der Waals surface area (Å²) in [5, 5.41) is 7.01. The molecule has 2 rings (SSSR count). The summed E-state index contributed by atoms with van der Waals surface area (Å²) in [4.78, 5) is 16.3. The molecule has 0 fully saturated rings. The van der Waals surface area contributed by atoms with E-state index in [2.05, 4.69) is 10.3 Å². The van der Waals surface area contributed by atoms with Gasteiger partial charge in [0.1, 0.15) is 4.21 Å². The molecule has 6 nitrogen and oxygen atoms in total. The number of anilines is 1. The molecular formula is C15H21N3O3S3. The largest absolute Gasteiger partial charge is 0.302 e. The highest BCUT2D eigenvalue weighted by molar-refractivity contribution is 7.91. The molecule has 1 amide bonds. The zero-order valence-electron chi connectivity index (χ0n) is 13.9. The number of thiazole rings is 1. The van der Waals surface area contributed by atoms with Gasteiger partial charge in [-0.15, -0.1) is 22.7 Å². The lowest BCUT2D eigenvalue weighted by atomic mass is 10.2. The number of carbonyl (C=O) groups is 1. The zero-order chi connectivity index (χ0) is 17.7. The van der Waals surface area contributed by atoms with Crippen LogP contribution in [0.3, 0.4) is 0 Å². The summed E-state index contributed by atoms with van der Waals surface area (Å²) in [6.07, 6.45) is 0.705. The second kappa shape index (κ2) is 8.19. The Balaban J connectivity index is 1.80. The third kappa shape index (κ3) is 4.85. The number of hydrogen-bond donors (Lipinski definition) is 1. The van der Waals surface area contributed by atoms with Gasteiger partial charge in [0.05, 0.1) is 5.69 Å². The van der Waals surface area contributed by atoms with Crippen molar-refractivity contribution in [2.24, 2.45) is 0 Å². The maximum atomic E-state index is 12.3. The molecule has 0 saturated carbocycles. The number of sulfonamides is 1. The topological polar surface area (TPSA) is 79.4 Å². The van der Waals surface area contributed by atoms with Gasteiger partial charge in [0.2, 0.25) is 5.91 Å². The Hall–Kier alpha value is -1.29. The van der Waals surface area contributed by atoms with Gasteiger partial charge in [-0.2, -0.15) is 0 Å². The van der Waals surface area contributed by atoms with E-state index in [0.29, 0.717) is 28.2 Å². The Kier molecular flexibility index (Phi) is 6.50. The number of nitrogens with zero attached hydrogens (tertiary/aromatic N) is 2. The summed E-state index contributed by atoms with van der Waals surface area (Å²) >= 11 is 2.59. The monoisotopic (exact) mass is 387 g/mol. The van der Waals surface area contributed by atoms with Gasteiger partial charge in [0.15, 0.2) is 5.13 Å². The maximum Gasteiger partial charge on any atom is 0.252 e. The lowest BCUT2D eigenvalue weighted by Crippen LogP contribution is -2.28. The Labute approximate surface area is 150 Å². The average molecular weight is 388 g/mol. The van der Waals surface area contributed by atoms with E-state index in [-0.39, 0.29) is 12.3 Å². The van der Waals surface area contributed by atoms with Crippen molar-refractivity contribution in [1.29, 1.82) is 0 Å². The molecule has 0 atom stereocenters. The third-order valence-electron chi connectivity index (χ3n) is 3.40. The molecule has 0 unspecified atom stereocenters. The summed E-state index contributed by atoms with van der Waals surface area (Å²) in [6.45, 7) is 4.39. The zero-order valence-corrected chi connectivity index (χ0v) is 16.3. The number of nitrogens with one attached hydrogen (secondary N) is 1. The van der Waals surface area contributed by atoms with Gasteiger partial charge in [-0.1, -0.05) is 19.9 Å². The molecule has 0 spiro atoms. The van der Waals surface area contributed by atoms with Crippen LogP contribution < -0.4 is 5.32 Å². The average Bonchev–Trinajstić information content (AvgIpc) is 3.18. The van der Waals surface area contributed by atoms with Gasteiger partial charge in [0.25, 0.3) is 10.0 Å². The molecule has 24 heavy (non-hydrogen) atoms. The number of carbonyl (C=O) groups excluding carboxylic acids is 1. The van der Waals surface area contributed by atoms with Crippen molar-refractivity contribution in [3.8, 4) is 0 Å². The Morgan fingerprint density at radius 1 is 1.38 bits per heavy atom. The lowest BCUT2D eigenvalue weighted by Gasteiger charge is -2.15. The summed E-state index contributed by atoms with van der Waals surface area (Å²) in [5.41, 5.74) is 0.956. The first kappa shape index (κ1) is 19.0. The van der Waals surface area contributed by atoms with Crippen LogP contribution in [0.1, 0.15) is 38.3 Å². The van der Waals surface area contributed by atoms with Gasteiger partial charge >= 0.3 is 0 Å². The van der Waals surface area contributed by atoms with E-state index in [4.69, 9.17) is 0 Å². The summed E-state index contributed by atoms with van der Waals surface area (Å²) in [6, 6.07) is 3.29. The Bertz CT molecular complexity index is 767. The molecule has 0 saturated heterocycles. The molecular weight excluding hydrogens is 366 g/mol. The standard InChI is InChI=1S/C15H21N3O3S3/c1-11(2)12-10-23-15(16-12)17-13(19)6-4-8-18(3)24(20,21)14-7-5-9-22-14/h5,7,9-11H,4,6,8H2,1-3H3,(H,16,17,19). The molecule has 0 aliphatic rings. The second-order valence-corrected chi connectivity index (χ2v) is 9.72. The van der Waals surface area contributed by atoms with Crippen LogP contribution in [0.25, 0.3) is 0 Å². The van der Waals surface area contributed by atoms with E-state index in [1.54, 1.807) is 17.5 Å². The van der Waals surface area contributed by atoms with Gasteiger partial charge in [-0.3, -0.25) is 4.79 Å². The minimum Gasteiger partial charge on any atom is -0.302 e. The van der Waals surface area contributed by atoms with Crippen molar-refractivity contribution in [3.05, 3.63) is 28.6 Å². The first-order valence-electron chi connectivity index (χ1n) is 7.56. The van der Waals surface area contributed by atoms with E-state index in [9.17, 15) is 13.2 Å². The van der Waals surface area contributed by atoms with Crippen molar-refractivity contribution < 1.29 is 13.2 Å². The molecule has 2 aromatic rings. The highest BCUT2D eigenvalue weighted by Crippen LogP contribution is 2.22. The van der Waals surface area contributed by atoms with Crippen LogP contribution in [0.4, 0.5) is 5.13 Å². The van der Waals surface area contributed by atoms with Gasteiger partial charge < -0.3 is 5.32 Å². The molecule has 2 aromatic heterocycles. The van der Waals surface area contributed by atoms with E-state index < -0.39 is 10.0 Å². The number of hydrogen-bond acceptors (Lipinski definition) is 6. The second-order valence-electron chi connectivity index (χ2n) is 5.64. The van der Waals surface area contributed by atoms with Crippen LogP contribution in [0.5, 0.6) is 0 Å². The van der Waals surface area contributed by atoms with Crippen molar-refractivity contribution in [2.75, 3.05) is 18.9 Å². The molecule has 0 aromatic carbocycles. The highest BCUT2D eigenvalue weighted by atomic mass is 32.2. The van der Waals surface area contributed by atoms with Crippen molar-refractivity contribution in [1.82, 2.24) is 9.29 Å². The summed E-state index contributed by atoms with van der Waals surface area (Å²) in [5.74, 6) is 0.171. The van der Waals surface area contributed by atoms with Crippen LogP contribution >= 0.6 is 22.7 Å². The molecule has 132 valence electrons. The van der Waals surface area contributed by atoms with E-state index in [1.165, 1.54) is 34.0 Å². The SMILES string of the molecule is CC(C)c1csc(NC(=O)CCCN(C)S(=O)(=O)c2cccs2)n1. The van der Waals surface area contributed by atoms with E-state index in [0.717, 1.165) is 5.69 Å². The third-order valence-corrected chi connectivity index (χ3v) is 7.40. The first-order chi connectivity index (χ1) is 11.3. The smallest absolute Gasteiger partial charge is 0.252 e.